The second-order valence-corrected chi connectivity index (χ2v) is 9.33. The molecule has 0 aliphatic heterocycles. The first-order valence-electron chi connectivity index (χ1n) is 9.65. The molecule has 164 valence electrons. The molecule has 0 aliphatic carbocycles. The van der Waals surface area contributed by atoms with Gasteiger partial charge in [-0.2, -0.15) is 5.26 Å². The molecule has 10 heteroatoms. The van der Waals surface area contributed by atoms with E-state index in [0.717, 1.165) is 4.31 Å². The topological polar surface area (TPSA) is 118 Å². The summed E-state index contributed by atoms with van der Waals surface area (Å²) in [5.74, 6) is 0.487. The molecule has 0 bridgehead atoms. The van der Waals surface area contributed by atoms with Gasteiger partial charge in [-0.1, -0.05) is 0 Å². The van der Waals surface area contributed by atoms with Crippen LogP contribution >= 0.6 is 0 Å². The van der Waals surface area contributed by atoms with Gasteiger partial charge in [-0.15, -0.1) is 0 Å². The number of hydrogen-bond donors (Lipinski definition) is 1. The van der Waals surface area contributed by atoms with Crippen molar-refractivity contribution in [2.75, 3.05) is 20.7 Å². The molecule has 3 rings (SSSR count). The van der Waals surface area contributed by atoms with Gasteiger partial charge in [0.15, 0.2) is 0 Å². The van der Waals surface area contributed by atoms with Crippen LogP contribution < -0.4 is 10.4 Å². The second kappa shape index (κ2) is 8.93. The number of aromatic nitrogens is 2. The fourth-order valence-electron chi connectivity index (χ4n) is 3.23. The van der Waals surface area contributed by atoms with Crippen LogP contribution in [0.5, 0.6) is 5.75 Å². The van der Waals surface area contributed by atoms with Gasteiger partial charge in [-0.05, 0) is 49.4 Å². The summed E-state index contributed by atoms with van der Waals surface area (Å²) >= 11 is 0. The molecular formula is C21H24N4O5S. The molecule has 1 aromatic heterocycles. The molecule has 0 fully saturated rings. The predicted molar refractivity (Wildman–Crippen MR) is 115 cm³/mol. The van der Waals surface area contributed by atoms with Gasteiger partial charge in [0, 0.05) is 20.6 Å². The molecular weight excluding hydrogens is 420 g/mol. The van der Waals surface area contributed by atoms with Crippen molar-refractivity contribution in [2.24, 2.45) is 0 Å². The maximum Gasteiger partial charge on any atom is 0.329 e. The lowest BCUT2D eigenvalue weighted by Crippen LogP contribution is -2.31. The van der Waals surface area contributed by atoms with Gasteiger partial charge in [-0.25, -0.2) is 17.5 Å². The SMILES string of the molecule is CCn1c(=O)n(CC(O)COc2ccc(C#N)cc2)c2cc(S(=O)(=O)N(C)C)ccc21. The lowest BCUT2D eigenvalue weighted by atomic mass is 10.2. The van der Waals surface area contributed by atoms with E-state index in [2.05, 4.69) is 0 Å². The van der Waals surface area contributed by atoms with Gasteiger partial charge in [0.05, 0.1) is 34.1 Å². The third-order valence-corrected chi connectivity index (χ3v) is 6.72. The lowest BCUT2D eigenvalue weighted by Gasteiger charge is -2.14. The minimum Gasteiger partial charge on any atom is -0.491 e. The summed E-state index contributed by atoms with van der Waals surface area (Å²) in [5.41, 5.74) is 1.17. The average molecular weight is 445 g/mol. The summed E-state index contributed by atoms with van der Waals surface area (Å²) in [6.45, 7) is 2.08. The molecule has 0 saturated heterocycles. The van der Waals surface area contributed by atoms with Crippen LogP contribution in [0.2, 0.25) is 0 Å². The first kappa shape index (κ1) is 22.6. The van der Waals surface area contributed by atoms with E-state index >= 15 is 0 Å². The number of hydrogen-bond acceptors (Lipinski definition) is 6. The Morgan fingerprint density at radius 2 is 1.81 bits per heavy atom. The number of sulfonamides is 1. The van der Waals surface area contributed by atoms with Crippen LogP contribution in [0, 0.1) is 11.3 Å². The van der Waals surface area contributed by atoms with Crippen LogP contribution in [-0.2, 0) is 23.1 Å². The quantitative estimate of drug-likeness (QED) is 0.561. The van der Waals surface area contributed by atoms with E-state index in [0.29, 0.717) is 28.9 Å². The number of aliphatic hydroxyl groups excluding tert-OH is 1. The zero-order chi connectivity index (χ0) is 22.8. The van der Waals surface area contributed by atoms with Gasteiger partial charge >= 0.3 is 5.69 Å². The fraction of sp³-hybridized carbons (Fsp3) is 0.333. The maximum atomic E-state index is 12.9. The molecule has 1 heterocycles. The number of aliphatic hydroxyl groups is 1. The highest BCUT2D eigenvalue weighted by Crippen LogP contribution is 2.21. The summed E-state index contributed by atoms with van der Waals surface area (Å²) in [4.78, 5) is 12.9. The number of imidazole rings is 1. The van der Waals surface area contributed by atoms with Crippen LogP contribution in [0.15, 0.2) is 52.2 Å². The minimum absolute atomic E-state index is 0.0651. The Hall–Kier alpha value is -3.13. The number of nitriles is 1. The Morgan fingerprint density at radius 3 is 2.39 bits per heavy atom. The Labute approximate surface area is 180 Å². The molecule has 0 amide bonds. The summed E-state index contributed by atoms with van der Waals surface area (Å²) in [6.07, 6.45) is -1.02. The normalized spacial score (nSPS) is 12.8. The molecule has 0 radical (unpaired) electrons. The van der Waals surface area contributed by atoms with E-state index < -0.39 is 16.1 Å². The Bertz CT molecular complexity index is 1280. The van der Waals surface area contributed by atoms with Crippen molar-refractivity contribution >= 4 is 21.1 Å². The summed E-state index contributed by atoms with van der Waals surface area (Å²) < 4.78 is 34.6. The molecule has 0 spiro atoms. The molecule has 1 unspecified atom stereocenters. The molecule has 2 aromatic carbocycles. The summed E-state index contributed by atoms with van der Waals surface area (Å²) in [6, 6.07) is 13.0. The number of benzene rings is 2. The van der Waals surface area contributed by atoms with Crippen molar-refractivity contribution in [2.45, 2.75) is 31.0 Å². The van der Waals surface area contributed by atoms with E-state index in [4.69, 9.17) is 10.00 Å². The molecule has 3 aromatic rings. The van der Waals surface area contributed by atoms with Gasteiger partial charge in [0.1, 0.15) is 18.5 Å². The highest BCUT2D eigenvalue weighted by molar-refractivity contribution is 7.89. The minimum atomic E-state index is -3.68. The van der Waals surface area contributed by atoms with E-state index in [1.807, 2.05) is 13.0 Å². The van der Waals surface area contributed by atoms with Crippen molar-refractivity contribution in [1.82, 2.24) is 13.4 Å². The monoisotopic (exact) mass is 444 g/mol. The van der Waals surface area contributed by atoms with Crippen LogP contribution in [0.3, 0.4) is 0 Å². The Balaban J connectivity index is 1.90. The standard InChI is InChI=1S/C21H24N4O5S/c1-4-24-19-10-9-18(31(28,29)23(2)3)11-20(19)25(21(24)27)13-16(26)14-30-17-7-5-15(12-22)6-8-17/h5-11,16,26H,4,13-14H2,1-3H3. The molecule has 9 nitrogen and oxygen atoms in total. The average Bonchev–Trinajstić information content (AvgIpc) is 3.02. The maximum absolute atomic E-state index is 12.9. The van der Waals surface area contributed by atoms with Gasteiger partial charge in [0.2, 0.25) is 10.0 Å². The largest absolute Gasteiger partial charge is 0.491 e. The van der Waals surface area contributed by atoms with Gasteiger partial charge < -0.3 is 9.84 Å². The number of rotatable bonds is 8. The molecule has 0 saturated carbocycles. The third-order valence-electron chi connectivity index (χ3n) is 4.90. The number of aryl methyl sites for hydroxylation is 1. The van der Waals surface area contributed by atoms with Gasteiger partial charge in [0.25, 0.3) is 0 Å². The highest BCUT2D eigenvalue weighted by atomic mass is 32.2. The van der Waals surface area contributed by atoms with Crippen LogP contribution in [0.4, 0.5) is 0 Å². The van der Waals surface area contributed by atoms with Crippen molar-refractivity contribution in [3.63, 3.8) is 0 Å². The van der Waals surface area contributed by atoms with Crippen molar-refractivity contribution in [1.29, 1.82) is 5.26 Å². The van der Waals surface area contributed by atoms with Crippen LogP contribution in [-0.4, -0.2) is 53.8 Å². The van der Waals surface area contributed by atoms with Crippen molar-refractivity contribution < 1.29 is 18.3 Å². The van der Waals surface area contributed by atoms with Crippen molar-refractivity contribution in [3.05, 3.63) is 58.5 Å². The van der Waals surface area contributed by atoms with Crippen LogP contribution in [0.25, 0.3) is 11.0 Å². The fourth-order valence-corrected chi connectivity index (χ4v) is 4.16. The molecule has 0 aliphatic rings. The molecule has 31 heavy (non-hydrogen) atoms. The number of nitrogens with zero attached hydrogens (tertiary/aromatic N) is 4. The smallest absolute Gasteiger partial charge is 0.329 e. The van der Waals surface area contributed by atoms with E-state index in [-0.39, 0.29) is 23.7 Å². The predicted octanol–water partition coefficient (Wildman–Crippen LogP) is 1.38. The number of fused-ring (bicyclic) bond motifs is 1. The zero-order valence-corrected chi connectivity index (χ0v) is 18.3. The van der Waals surface area contributed by atoms with E-state index in [1.165, 1.54) is 35.4 Å². The van der Waals surface area contributed by atoms with Crippen molar-refractivity contribution in [3.8, 4) is 11.8 Å². The molecule has 1 atom stereocenters. The van der Waals surface area contributed by atoms with Crippen LogP contribution in [0.1, 0.15) is 12.5 Å². The Kier molecular flexibility index (Phi) is 6.50. The first-order chi connectivity index (χ1) is 14.7. The molecule has 1 N–H and O–H groups in total. The summed E-state index contributed by atoms with van der Waals surface area (Å²) in [7, 11) is -0.800. The first-order valence-corrected chi connectivity index (χ1v) is 11.1. The van der Waals surface area contributed by atoms with E-state index in [1.54, 1.807) is 30.3 Å². The second-order valence-electron chi connectivity index (χ2n) is 7.18. The lowest BCUT2D eigenvalue weighted by molar-refractivity contribution is 0.0924. The van der Waals surface area contributed by atoms with Gasteiger partial charge in [-0.3, -0.25) is 9.13 Å². The Morgan fingerprint density at radius 1 is 1.13 bits per heavy atom. The van der Waals surface area contributed by atoms with E-state index in [9.17, 15) is 18.3 Å². The zero-order valence-electron chi connectivity index (χ0n) is 17.5. The third kappa shape index (κ3) is 4.49. The summed E-state index contributed by atoms with van der Waals surface area (Å²) in [5, 5.41) is 19.3. The number of ether oxygens (including phenoxy) is 1. The highest BCUT2D eigenvalue weighted by Gasteiger charge is 2.21.